The molecule has 1 aliphatic rings. The van der Waals surface area contributed by atoms with E-state index in [1.165, 1.54) is 18.1 Å². The van der Waals surface area contributed by atoms with Gasteiger partial charge < -0.3 is 9.64 Å². The Morgan fingerprint density at radius 1 is 1.37 bits per heavy atom. The fourth-order valence-electron chi connectivity index (χ4n) is 2.12. The Hall–Kier alpha value is -2.24. The van der Waals surface area contributed by atoms with Gasteiger partial charge in [0.2, 0.25) is 0 Å². The Kier molecular flexibility index (Phi) is 3.33. The molecule has 6 heteroatoms. The molecular weight excluding hydrogens is 253 g/mol. The summed E-state index contributed by atoms with van der Waals surface area (Å²) >= 11 is 0. The van der Waals surface area contributed by atoms with Crippen molar-refractivity contribution in [2.75, 3.05) is 18.6 Å². The first-order valence-corrected chi connectivity index (χ1v) is 5.69. The summed E-state index contributed by atoms with van der Waals surface area (Å²) in [5.41, 5.74) is 0.909. The van der Waals surface area contributed by atoms with Gasteiger partial charge in [0, 0.05) is 6.54 Å². The summed E-state index contributed by atoms with van der Waals surface area (Å²) in [6.07, 6.45) is -0.0220. The van der Waals surface area contributed by atoms with E-state index in [0.717, 1.165) is 6.07 Å². The highest BCUT2D eigenvalue weighted by atomic mass is 19.1. The number of carbonyl (C=O) groups excluding carboxylic acids is 3. The number of ether oxygens (including phenoxy) is 1. The molecule has 19 heavy (non-hydrogen) atoms. The fourth-order valence-corrected chi connectivity index (χ4v) is 2.12. The average Bonchev–Trinajstić information content (AvgIpc) is 2.60. The van der Waals surface area contributed by atoms with Crippen LogP contribution in [0, 0.1) is 12.7 Å². The van der Waals surface area contributed by atoms with Gasteiger partial charge in [-0.05, 0) is 24.6 Å². The molecule has 0 saturated heterocycles. The molecule has 1 aromatic rings. The number of amides is 1. The Labute approximate surface area is 109 Å². The van der Waals surface area contributed by atoms with Gasteiger partial charge in [0.25, 0.3) is 11.7 Å². The molecule has 0 unspecified atom stereocenters. The molecule has 100 valence electrons. The molecule has 0 saturated carbocycles. The van der Waals surface area contributed by atoms with E-state index < -0.39 is 23.5 Å². The van der Waals surface area contributed by atoms with Gasteiger partial charge in [-0.15, -0.1) is 0 Å². The van der Waals surface area contributed by atoms with Crippen LogP contribution >= 0.6 is 0 Å². The van der Waals surface area contributed by atoms with Crippen LogP contribution in [-0.4, -0.2) is 31.3 Å². The minimum absolute atomic E-state index is 0.0220. The first-order chi connectivity index (χ1) is 8.95. The first-order valence-electron chi connectivity index (χ1n) is 5.69. The summed E-state index contributed by atoms with van der Waals surface area (Å²) in [4.78, 5) is 35.9. The lowest BCUT2D eigenvalue weighted by atomic mass is 10.1. The number of Topliss-reactive ketones (excluding diaryl/α,β-unsaturated/α-hetero) is 1. The number of anilines is 1. The molecule has 0 fully saturated rings. The fraction of sp³-hybridized carbons (Fsp3) is 0.308. The second kappa shape index (κ2) is 4.79. The largest absolute Gasteiger partial charge is 0.469 e. The quantitative estimate of drug-likeness (QED) is 0.609. The van der Waals surface area contributed by atoms with E-state index in [2.05, 4.69) is 4.74 Å². The molecular formula is C13H12FNO4. The van der Waals surface area contributed by atoms with E-state index in [0.29, 0.717) is 11.3 Å². The van der Waals surface area contributed by atoms with Gasteiger partial charge in [0.1, 0.15) is 5.82 Å². The number of ketones is 1. The van der Waals surface area contributed by atoms with Crippen LogP contribution in [-0.2, 0) is 14.3 Å². The van der Waals surface area contributed by atoms with Crippen molar-refractivity contribution in [1.29, 1.82) is 0 Å². The van der Waals surface area contributed by atoms with Crippen molar-refractivity contribution in [3.63, 3.8) is 0 Å². The maximum Gasteiger partial charge on any atom is 0.307 e. The Balaban J connectivity index is 2.36. The molecule has 1 heterocycles. The first kappa shape index (κ1) is 13.2. The number of halogens is 1. The zero-order chi connectivity index (χ0) is 14.2. The van der Waals surface area contributed by atoms with Crippen LogP contribution in [0.15, 0.2) is 12.1 Å². The number of aryl methyl sites for hydroxylation is 1. The second-order valence-corrected chi connectivity index (χ2v) is 4.23. The number of carbonyl (C=O) groups is 3. The average molecular weight is 265 g/mol. The van der Waals surface area contributed by atoms with Gasteiger partial charge in [-0.25, -0.2) is 4.39 Å². The number of rotatable bonds is 3. The van der Waals surface area contributed by atoms with E-state index in [1.54, 1.807) is 6.92 Å². The number of methoxy groups -OCH3 is 1. The zero-order valence-corrected chi connectivity index (χ0v) is 10.5. The lowest BCUT2D eigenvalue weighted by Gasteiger charge is -2.17. The Morgan fingerprint density at radius 3 is 2.68 bits per heavy atom. The van der Waals surface area contributed by atoms with Crippen LogP contribution in [0.5, 0.6) is 0 Å². The van der Waals surface area contributed by atoms with Crippen molar-refractivity contribution < 1.29 is 23.5 Å². The number of fused-ring (bicyclic) bond motifs is 1. The minimum Gasteiger partial charge on any atom is -0.469 e. The molecule has 0 spiro atoms. The summed E-state index contributed by atoms with van der Waals surface area (Å²) in [6.45, 7) is 1.65. The van der Waals surface area contributed by atoms with E-state index in [-0.39, 0.29) is 18.5 Å². The summed E-state index contributed by atoms with van der Waals surface area (Å²) in [5.74, 6) is -2.53. The SMILES string of the molecule is COC(=O)CCN1C(=O)C(=O)c2cc(F)cc(C)c21. The second-order valence-electron chi connectivity index (χ2n) is 4.23. The number of esters is 1. The predicted molar refractivity (Wildman–Crippen MR) is 64.5 cm³/mol. The highest BCUT2D eigenvalue weighted by Gasteiger charge is 2.37. The van der Waals surface area contributed by atoms with Crippen LogP contribution < -0.4 is 4.90 Å². The van der Waals surface area contributed by atoms with Gasteiger partial charge in [0.05, 0.1) is 24.8 Å². The summed E-state index contributed by atoms with van der Waals surface area (Å²) in [5, 5.41) is 0. The molecule has 2 rings (SSSR count). The molecule has 5 nitrogen and oxygen atoms in total. The lowest BCUT2D eigenvalue weighted by Crippen LogP contribution is -2.32. The zero-order valence-electron chi connectivity index (χ0n) is 10.5. The maximum atomic E-state index is 13.3. The normalized spacial score (nSPS) is 13.7. The van der Waals surface area contributed by atoms with E-state index >= 15 is 0 Å². The number of hydrogen-bond acceptors (Lipinski definition) is 4. The van der Waals surface area contributed by atoms with E-state index in [1.807, 2.05) is 0 Å². The van der Waals surface area contributed by atoms with Crippen LogP contribution in [0.1, 0.15) is 22.3 Å². The highest BCUT2D eigenvalue weighted by Crippen LogP contribution is 2.33. The summed E-state index contributed by atoms with van der Waals surface area (Å²) in [6, 6.07) is 2.29. The van der Waals surface area contributed by atoms with Crippen molar-refractivity contribution in [3.8, 4) is 0 Å². The Morgan fingerprint density at radius 2 is 2.05 bits per heavy atom. The van der Waals surface area contributed by atoms with Gasteiger partial charge in [-0.3, -0.25) is 14.4 Å². The van der Waals surface area contributed by atoms with Crippen molar-refractivity contribution in [3.05, 3.63) is 29.1 Å². The van der Waals surface area contributed by atoms with Crippen molar-refractivity contribution in [2.45, 2.75) is 13.3 Å². The molecule has 1 amide bonds. The third-order valence-corrected chi connectivity index (χ3v) is 2.99. The predicted octanol–water partition coefficient (Wildman–Crippen LogP) is 1.23. The maximum absolute atomic E-state index is 13.3. The standard InChI is InChI=1S/C13H12FNO4/c1-7-5-8(14)6-9-11(7)15(13(18)12(9)17)4-3-10(16)19-2/h5-6H,3-4H2,1-2H3. The smallest absolute Gasteiger partial charge is 0.307 e. The molecule has 0 N–H and O–H groups in total. The van der Waals surface area contributed by atoms with Gasteiger partial charge in [-0.1, -0.05) is 0 Å². The summed E-state index contributed by atoms with van der Waals surface area (Å²) < 4.78 is 17.8. The van der Waals surface area contributed by atoms with Crippen LogP contribution in [0.4, 0.5) is 10.1 Å². The molecule has 0 aliphatic carbocycles. The highest BCUT2D eigenvalue weighted by molar-refractivity contribution is 6.52. The van der Waals surface area contributed by atoms with Crippen molar-refractivity contribution in [2.24, 2.45) is 0 Å². The third kappa shape index (κ3) is 2.21. The van der Waals surface area contributed by atoms with Crippen LogP contribution in [0.2, 0.25) is 0 Å². The van der Waals surface area contributed by atoms with Gasteiger partial charge in [-0.2, -0.15) is 0 Å². The molecule has 1 aromatic carbocycles. The van der Waals surface area contributed by atoms with Crippen molar-refractivity contribution >= 4 is 23.3 Å². The van der Waals surface area contributed by atoms with Crippen LogP contribution in [0.3, 0.4) is 0 Å². The molecule has 0 aromatic heterocycles. The van der Waals surface area contributed by atoms with E-state index in [4.69, 9.17) is 0 Å². The molecule has 1 aliphatic heterocycles. The molecule has 0 radical (unpaired) electrons. The number of benzene rings is 1. The molecule has 0 bridgehead atoms. The van der Waals surface area contributed by atoms with E-state index in [9.17, 15) is 18.8 Å². The van der Waals surface area contributed by atoms with Gasteiger partial charge in [0.15, 0.2) is 0 Å². The minimum atomic E-state index is -0.748. The van der Waals surface area contributed by atoms with Crippen molar-refractivity contribution in [1.82, 2.24) is 0 Å². The summed E-state index contributed by atoms with van der Waals surface area (Å²) in [7, 11) is 1.24. The Bertz CT molecular complexity index is 582. The van der Waals surface area contributed by atoms with Gasteiger partial charge >= 0.3 is 5.97 Å². The van der Waals surface area contributed by atoms with Crippen LogP contribution in [0.25, 0.3) is 0 Å². The monoisotopic (exact) mass is 265 g/mol. The number of nitrogens with zero attached hydrogens (tertiary/aromatic N) is 1. The third-order valence-electron chi connectivity index (χ3n) is 2.99. The number of hydrogen-bond donors (Lipinski definition) is 0. The molecule has 0 atom stereocenters. The lowest BCUT2D eigenvalue weighted by molar-refractivity contribution is -0.140. The topological polar surface area (TPSA) is 63.7 Å².